The second kappa shape index (κ2) is 4.60. The van der Waals surface area contributed by atoms with Crippen molar-refractivity contribution in [3.05, 3.63) is 0 Å². The van der Waals surface area contributed by atoms with E-state index in [1.54, 1.807) is 0 Å². The van der Waals surface area contributed by atoms with E-state index in [2.05, 4.69) is 0 Å². The monoisotopic (exact) mass is 257 g/mol. The van der Waals surface area contributed by atoms with Crippen molar-refractivity contribution in [2.75, 3.05) is 0 Å². The molecule has 0 aromatic heterocycles. The second-order valence-electron chi connectivity index (χ2n) is 0.921. The molecule has 0 saturated carbocycles. The minimum Gasteiger partial charge on any atom is -0.412 e. The van der Waals surface area contributed by atoms with Crippen LogP contribution in [0.2, 0.25) is 0 Å². The Labute approximate surface area is 79.7 Å². The third-order valence-corrected chi connectivity index (χ3v) is 0.877. The van der Waals surface area contributed by atoms with E-state index in [9.17, 15) is 13.2 Å². The molecular formula is CH3F3O4SY. The summed E-state index contributed by atoms with van der Waals surface area (Å²) in [5.74, 6) is 0. The van der Waals surface area contributed by atoms with Crippen molar-refractivity contribution in [3.8, 4) is 0 Å². The number of hydrogen-bond acceptors (Lipinski definition) is 2. The maximum absolute atomic E-state index is 10.7. The van der Waals surface area contributed by atoms with Crippen molar-refractivity contribution in [1.82, 2.24) is 0 Å². The topological polar surface area (TPSA) is 85.9 Å². The fourth-order valence-corrected chi connectivity index (χ4v) is 0. The quantitative estimate of drug-likeness (QED) is 0.471. The van der Waals surface area contributed by atoms with Crippen molar-refractivity contribution in [2.45, 2.75) is 5.51 Å². The van der Waals surface area contributed by atoms with Crippen LogP contribution in [0.3, 0.4) is 0 Å². The maximum atomic E-state index is 10.7. The first-order valence-corrected chi connectivity index (χ1v) is 2.73. The van der Waals surface area contributed by atoms with Gasteiger partial charge in [0.05, 0.1) is 0 Å². The van der Waals surface area contributed by atoms with Crippen LogP contribution in [0.5, 0.6) is 0 Å². The third kappa shape index (κ3) is 5.54. The molecule has 0 aliphatic heterocycles. The van der Waals surface area contributed by atoms with Gasteiger partial charge in [0.2, 0.25) is 0 Å². The molecule has 61 valence electrons. The summed E-state index contributed by atoms with van der Waals surface area (Å²) in [5.41, 5.74) is -5.53. The Hall–Kier alpha value is 0.764. The summed E-state index contributed by atoms with van der Waals surface area (Å²) >= 11 is 0. The smallest absolute Gasteiger partial charge is 0.412 e. The number of halogens is 3. The van der Waals surface area contributed by atoms with Gasteiger partial charge in [-0.05, 0) is 0 Å². The van der Waals surface area contributed by atoms with E-state index in [1.165, 1.54) is 0 Å². The molecule has 0 spiro atoms. The zero-order valence-corrected chi connectivity index (χ0v) is 8.04. The van der Waals surface area contributed by atoms with Crippen LogP contribution in [0.15, 0.2) is 0 Å². The van der Waals surface area contributed by atoms with Gasteiger partial charge in [0.15, 0.2) is 0 Å². The molecule has 0 aromatic carbocycles. The van der Waals surface area contributed by atoms with E-state index in [4.69, 9.17) is 13.0 Å². The molecule has 0 unspecified atom stereocenters. The molecule has 0 bridgehead atoms. The van der Waals surface area contributed by atoms with E-state index < -0.39 is 15.6 Å². The SMILES string of the molecule is O.O=S(=O)(O)C(F)(F)F.[Y]. The maximum Gasteiger partial charge on any atom is 0.522 e. The Morgan fingerprint density at radius 1 is 1.20 bits per heavy atom. The van der Waals surface area contributed by atoms with Gasteiger partial charge in [-0.15, -0.1) is 0 Å². The van der Waals surface area contributed by atoms with Crippen LogP contribution >= 0.6 is 0 Å². The van der Waals surface area contributed by atoms with E-state index in [1.807, 2.05) is 0 Å². The van der Waals surface area contributed by atoms with Crippen molar-refractivity contribution in [3.63, 3.8) is 0 Å². The molecule has 4 nitrogen and oxygen atoms in total. The van der Waals surface area contributed by atoms with Gasteiger partial charge in [-0.25, -0.2) is 0 Å². The van der Waals surface area contributed by atoms with Crippen molar-refractivity contribution >= 4 is 10.1 Å². The van der Waals surface area contributed by atoms with Crippen LogP contribution in [0, 0.1) is 0 Å². The van der Waals surface area contributed by atoms with Gasteiger partial charge in [-0.1, -0.05) is 0 Å². The largest absolute Gasteiger partial charge is 0.522 e. The fraction of sp³-hybridized carbons (Fsp3) is 1.00. The van der Waals surface area contributed by atoms with Crippen molar-refractivity contribution < 1.29 is 64.3 Å². The van der Waals surface area contributed by atoms with Crippen LogP contribution in [0.1, 0.15) is 0 Å². The number of alkyl halides is 3. The molecule has 0 rings (SSSR count). The van der Waals surface area contributed by atoms with Gasteiger partial charge in [0.1, 0.15) is 0 Å². The van der Waals surface area contributed by atoms with Crippen LogP contribution in [0.25, 0.3) is 0 Å². The minimum absolute atomic E-state index is 0. The van der Waals surface area contributed by atoms with Gasteiger partial charge in [0.25, 0.3) is 0 Å². The summed E-state index contributed by atoms with van der Waals surface area (Å²) in [5, 5.41) is 0. The molecule has 0 atom stereocenters. The molecule has 0 fully saturated rings. The zero-order chi connectivity index (χ0) is 7.00. The van der Waals surface area contributed by atoms with Gasteiger partial charge in [-0.3, -0.25) is 4.55 Å². The molecule has 0 aliphatic rings. The summed E-state index contributed by atoms with van der Waals surface area (Å²) in [7, 11) is -5.84. The standard InChI is InChI=1S/CHF3O3S.H2O.Y/c2-1(3,4)8(5,6)7;;/h(H,5,6,7);1H2;. The van der Waals surface area contributed by atoms with Crippen LogP contribution in [-0.2, 0) is 42.8 Å². The van der Waals surface area contributed by atoms with Gasteiger partial charge in [0, 0.05) is 32.7 Å². The molecule has 3 N–H and O–H groups in total. The molecule has 0 aromatic rings. The minimum atomic E-state index is -5.84. The fourth-order valence-electron chi connectivity index (χ4n) is 0. The number of rotatable bonds is 0. The third-order valence-electron chi connectivity index (χ3n) is 0.292. The molecule has 0 heterocycles. The van der Waals surface area contributed by atoms with E-state index in [-0.39, 0.29) is 38.2 Å². The average molecular weight is 257 g/mol. The molecule has 9 heteroatoms. The average Bonchev–Trinajstić information content (AvgIpc) is 1.25. The first-order chi connectivity index (χ1) is 3.25. The van der Waals surface area contributed by atoms with E-state index in [0.717, 1.165) is 0 Å². The van der Waals surface area contributed by atoms with E-state index in [0.29, 0.717) is 0 Å². The predicted octanol–water partition coefficient (Wildman–Crippen LogP) is -0.433. The molecule has 0 saturated heterocycles. The summed E-state index contributed by atoms with van der Waals surface area (Å²) in [6, 6.07) is 0. The summed E-state index contributed by atoms with van der Waals surface area (Å²) < 4.78 is 57.5. The van der Waals surface area contributed by atoms with E-state index >= 15 is 0 Å². The first kappa shape index (κ1) is 17.0. The van der Waals surface area contributed by atoms with Crippen LogP contribution in [-0.4, -0.2) is 24.0 Å². The zero-order valence-electron chi connectivity index (χ0n) is 4.38. The summed E-state index contributed by atoms with van der Waals surface area (Å²) in [6.07, 6.45) is 0. The Morgan fingerprint density at radius 3 is 1.30 bits per heavy atom. The van der Waals surface area contributed by atoms with Gasteiger partial charge >= 0.3 is 15.6 Å². The molecule has 0 aliphatic carbocycles. The summed E-state index contributed by atoms with van der Waals surface area (Å²) in [4.78, 5) is 0. The Morgan fingerprint density at radius 2 is 1.30 bits per heavy atom. The molecule has 10 heavy (non-hydrogen) atoms. The first-order valence-electron chi connectivity index (χ1n) is 1.29. The normalized spacial score (nSPS) is 11.2. The predicted molar refractivity (Wildman–Crippen MR) is 21.2 cm³/mol. The van der Waals surface area contributed by atoms with Crippen LogP contribution < -0.4 is 0 Å². The van der Waals surface area contributed by atoms with Crippen molar-refractivity contribution in [1.29, 1.82) is 0 Å². The number of hydrogen-bond donors (Lipinski definition) is 1. The molecule has 0 amide bonds. The van der Waals surface area contributed by atoms with Gasteiger partial charge < -0.3 is 5.48 Å². The second-order valence-corrected chi connectivity index (χ2v) is 2.33. The Balaban J connectivity index is -0.000000245. The summed E-state index contributed by atoms with van der Waals surface area (Å²) in [6.45, 7) is 0. The van der Waals surface area contributed by atoms with Crippen LogP contribution in [0.4, 0.5) is 13.2 Å². The van der Waals surface area contributed by atoms with Gasteiger partial charge in [-0.2, -0.15) is 21.6 Å². The Kier molecular flexibility index (Phi) is 7.84. The van der Waals surface area contributed by atoms with Crippen molar-refractivity contribution in [2.24, 2.45) is 0 Å². The molecular weight excluding hydrogens is 254 g/mol. The Bertz CT molecular complexity index is 169. The molecule has 1 radical (unpaired) electrons.